The van der Waals surface area contributed by atoms with Crippen molar-refractivity contribution in [3.05, 3.63) is 22.2 Å². The van der Waals surface area contributed by atoms with Crippen LogP contribution in [-0.4, -0.2) is 55.2 Å². The molecule has 0 aliphatic carbocycles. The van der Waals surface area contributed by atoms with Crippen molar-refractivity contribution in [2.75, 3.05) is 38.5 Å². The minimum Gasteiger partial charge on any atom is -0.486 e. The molecule has 0 spiro atoms. The molecule has 2 saturated heterocycles. The largest absolute Gasteiger partial charge is 0.486 e. The molecule has 3 aliphatic rings. The van der Waals surface area contributed by atoms with Gasteiger partial charge in [-0.25, -0.2) is 0 Å². The molecule has 4 rings (SSSR count). The van der Waals surface area contributed by atoms with E-state index in [0.29, 0.717) is 28.4 Å². The van der Waals surface area contributed by atoms with E-state index < -0.39 is 0 Å². The monoisotopic (exact) mass is 420 g/mol. The lowest BCUT2D eigenvalue weighted by molar-refractivity contribution is 0.0890. The van der Waals surface area contributed by atoms with Crippen LogP contribution in [0.5, 0.6) is 5.75 Å². The summed E-state index contributed by atoms with van der Waals surface area (Å²) in [6.45, 7) is 9.56. The molecule has 0 unspecified atom stereocenters. The zero-order valence-corrected chi connectivity index (χ0v) is 18.3. The van der Waals surface area contributed by atoms with Crippen LogP contribution in [0.3, 0.4) is 0 Å². The second kappa shape index (κ2) is 8.32. The molecule has 4 N–H and O–H groups in total. The van der Waals surface area contributed by atoms with Crippen LogP contribution in [0.4, 0.5) is 5.69 Å². The molecule has 0 atom stereocenters. The average molecular weight is 421 g/mol. The number of carbonyl (C=O) groups is 1. The van der Waals surface area contributed by atoms with Gasteiger partial charge in [0.1, 0.15) is 11.4 Å². The lowest BCUT2D eigenvalue weighted by atomic mass is 9.95. The molecule has 1 amide bonds. The number of hydrogen-bond donors (Lipinski definition) is 3. The lowest BCUT2D eigenvalue weighted by Gasteiger charge is -2.35. The summed E-state index contributed by atoms with van der Waals surface area (Å²) in [6.07, 6.45) is 5.16. The van der Waals surface area contributed by atoms with Gasteiger partial charge in [0.05, 0.1) is 16.3 Å². The number of piperidine rings is 2. The first-order chi connectivity index (χ1) is 13.8. The van der Waals surface area contributed by atoms with Crippen LogP contribution in [0.25, 0.3) is 0 Å². The Labute approximate surface area is 178 Å². The molecule has 6 nitrogen and oxygen atoms in total. The molecule has 160 valence electrons. The van der Waals surface area contributed by atoms with Crippen molar-refractivity contribution in [1.82, 2.24) is 15.5 Å². The molecule has 29 heavy (non-hydrogen) atoms. The smallest absolute Gasteiger partial charge is 0.255 e. The van der Waals surface area contributed by atoms with Gasteiger partial charge in [-0.05, 0) is 64.6 Å². The van der Waals surface area contributed by atoms with Crippen molar-refractivity contribution in [3.63, 3.8) is 0 Å². The third-order valence-corrected chi connectivity index (χ3v) is 6.81. The molecule has 1 aromatic carbocycles. The Hall–Kier alpha value is -1.50. The molecule has 0 radical (unpaired) electrons. The van der Waals surface area contributed by atoms with Crippen LogP contribution in [-0.2, 0) is 6.42 Å². The Kier molecular flexibility index (Phi) is 5.96. The van der Waals surface area contributed by atoms with Gasteiger partial charge in [-0.15, -0.1) is 0 Å². The van der Waals surface area contributed by atoms with Gasteiger partial charge in [0.15, 0.2) is 0 Å². The fourth-order valence-electron chi connectivity index (χ4n) is 4.85. The Bertz CT molecular complexity index is 769. The van der Waals surface area contributed by atoms with Gasteiger partial charge in [-0.1, -0.05) is 11.6 Å². The molecule has 0 bridgehead atoms. The summed E-state index contributed by atoms with van der Waals surface area (Å²) in [5.74, 6) is 1.29. The van der Waals surface area contributed by atoms with Gasteiger partial charge in [0.2, 0.25) is 0 Å². The molecule has 0 aromatic heterocycles. The number of nitrogens with zero attached hydrogens (tertiary/aromatic N) is 1. The summed E-state index contributed by atoms with van der Waals surface area (Å²) >= 11 is 6.32. The van der Waals surface area contributed by atoms with E-state index >= 15 is 0 Å². The van der Waals surface area contributed by atoms with Crippen LogP contribution in [0.15, 0.2) is 6.07 Å². The van der Waals surface area contributed by atoms with Crippen LogP contribution >= 0.6 is 11.6 Å². The summed E-state index contributed by atoms with van der Waals surface area (Å²) in [5.41, 5.74) is 7.64. The third-order valence-electron chi connectivity index (χ3n) is 6.50. The fraction of sp³-hybridized carbons (Fsp3) is 0.682. The zero-order valence-electron chi connectivity index (χ0n) is 17.5. The Morgan fingerprint density at radius 1 is 1.31 bits per heavy atom. The fourth-order valence-corrected chi connectivity index (χ4v) is 5.07. The Balaban J connectivity index is 1.36. The molecular weight excluding hydrogens is 388 g/mol. The van der Waals surface area contributed by atoms with E-state index in [4.69, 9.17) is 22.1 Å². The number of ether oxygens (including phenoxy) is 1. The maximum absolute atomic E-state index is 13.0. The van der Waals surface area contributed by atoms with Crippen molar-refractivity contribution in [1.29, 1.82) is 0 Å². The molecule has 0 saturated carbocycles. The first-order valence-corrected chi connectivity index (χ1v) is 11.2. The number of amides is 1. The summed E-state index contributed by atoms with van der Waals surface area (Å²) in [6, 6.07) is 1.84. The molecule has 7 heteroatoms. The van der Waals surface area contributed by atoms with Gasteiger partial charge in [-0.3, -0.25) is 4.79 Å². The minimum atomic E-state index is -0.379. The van der Waals surface area contributed by atoms with Crippen LogP contribution < -0.4 is 21.1 Å². The highest BCUT2D eigenvalue weighted by molar-refractivity contribution is 6.33. The molecule has 2 fully saturated rings. The second-order valence-electron chi connectivity index (χ2n) is 9.41. The number of nitrogens with two attached hydrogens (primary N) is 1. The van der Waals surface area contributed by atoms with E-state index in [1.54, 1.807) is 6.07 Å². The normalized spacial score (nSPS) is 22.9. The zero-order chi connectivity index (χ0) is 20.6. The molecule has 1 aromatic rings. The molecule has 3 heterocycles. The molecule has 3 aliphatic heterocycles. The van der Waals surface area contributed by atoms with Crippen molar-refractivity contribution >= 4 is 23.2 Å². The summed E-state index contributed by atoms with van der Waals surface area (Å²) < 4.78 is 6.06. The van der Waals surface area contributed by atoms with Crippen molar-refractivity contribution < 1.29 is 9.53 Å². The van der Waals surface area contributed by atoms with E-state index in [1.165, 1.54) is 19.4 Å². The van der Waals surface area contributed by atoms with Crippen LogP contribution in [0, 0.1) is 5.92 Å². The average Bonchev–Trinajstić information content (AvgIpc) is 3.02. The van der Waals surface area contributed by atoms with E-state index in [9.17, 15) is 4.79 Å². The lowest BCUT2D eigenvalue weighted by Crippen LogP contribution is -2.46. The van der Waals surface area contributed by atoms with Crippen molar-refractivity contribution in [3.8, 4) is 5.75 Å². The van der Waals surface area contributed by atoms with E-state index in [-0.39, 0.29) is 17.6 Å². The predicted octanol–water partition coefficient (Wildman–Crippen LogP) is 2.83. The number of nitrogens with one attached hydrogen (secondary N) is 2. The van der Waals surface area contributed by atoms with Gasteiger partial charge < -0.3 is 26.0 Å². The minimum absolute atomic E-state index is 0.113. The van der Waals surface area contributed by atoms with Crippen LogP contribution in [0.2, 0.25) is 5.02 Å². The number of hydrogen-bond acceptors (Lipinski definition) is 5. The topological polar surface area (TPSA) is 79.6 Å². The number of carbonyl (C=O) groups excluding carboxylic acids is 1. The van der Waals surface area contributed by atoms with Gasteiger partial charge in [0, 0.05) is 37.7 Å². The van der Waals surface area contributed by atoms with E-state index in [2.05, 4.69) is 15.5 Å². The number of fused-ring (bicyclic) bond motifs is 1. The first kappa shape index (κ1) is 20.8. The van der Waals surface area contributed by atoms with Crippen molar-refractivity contribution in [2.45, 2.75) is 57.6 Å². The van der Waals surface area contributed by atoms with Gasteiger partial charge >= 0.3 is 0 Å². The summed E-state index contributed by atoms with van der Waals surface area (Å²) in [7, 11) is 0. The third kappa shape index (κ3) is 4.65. The van der Waals surface area contributed by atoms with E-state index in [0.717, 1.165) is 50.5 Å². The van der Waals surface area contributed by atoms with E-state index in [1.807, 2.05) is 13.8 Å². The highest BCUT2D eigenvalue weighted by atomic mass is 35.5. The quantitative estimate of drug-likeness (QED) is 0.653. The Morgan fingerprint density at radius 3 is 2.69 bits per heavy atom. The summed E-state index contributed by atoms with van der Waals surface area (Å²) in [4.78, 5) is 15.6. The number of anilines is 1. The number of rotatable bonds is 4. The summed E-state index contributed by atoms with van der Waals surface area (Å²) in [5, 5.41) is 7.06. The number of nitrogen functional groups attached to an aromatic ring is 1. The second-order valence-corrected chi connectivity index (χ2v) is 9.81. The Morgan fingerprint density at radius 2 is 2.00 bits per heavy atom. The number of likely N-dealkylation sites (tertiary alicyclic amines) is 1. The predicted molar refractivity (Wildman–Crippen MR) is 117 cm³/mol. The molecular formula is C22H33ClN4O2. The van der Waals surface area contributed by atoms with Gasteiger partial charge in [-0.2, -0.15) is 0 Å². The van der Waals surface area contributed by atoms with Gasteiger partial charge in [0.25, 0.3) is 5.91 Å². The maximum atomic E-state index is 13.0. The highest BCUT2D eigenvalue weighted by Gasteiger charge is 2.36. The van der Waals surface area contributed by atoms with Crippen LogP contribution in [0.1, 0.15) is 55.5 Å². The maximum Gasteiger partial charge on any atom is 0.255 e. The first-order valence-electron chi connectivity index (χ1n) is 10.9. The van der Waals surface area contributed by atoms with Crippen molar-refractivity contribution in [2.24, 2.45) is 5.92 Å². The standard InChI is InChI=1S/C22H33ClN4O2/c1-22(2)12-17-19(24)18(23)11-16(20(17)29-22)21(28)26-15-5-9-27(10-6-15)13-14-3-7-25-8-4-14/h11,14-15,25H,3-10,12-13,24H2,1-2H3,(H,26,28). The number of halogens is 1. The number of benzene rings is 1. The highest BCUT2D eigenvalue weighted by Crippen LogP contribution is 2.44. The SMILES string of the molecule is CC1(C)Cc2c(N)c(Cl)cc(C(=O)NC3CCN(CC4CCNCC4)CC3)c2O1.